The molecule has 0 unspecified atom stereocenters. The number of benzene rings is 2. The van der Waals surface area contributed by atoms with Gasteiger partial charge in [0.2, 0.25) is 0 Å². The van der Waals surface area contributed by atoms with Crippen molar-refractivity contribution in [3.63, 3.8) is 0 Å². The molecule has 2 aromatic carbocycles. The van der Waals surface area contributed by atoms with Crippen molar-refractivity contribution in [3.8, 4) is 5.75 Å². The first-order chi connectivity index (χ1) is 8.43. The molecule has 0 aliphatic heterocycles. The highest BCUT2D eigenvalue weighted by Gasteiger charge is 2.37. The average molecular weight is 255 g/mol. The summed E-state index contributed by atoms with van der Waals surface area (Å²) in [6.45, 7) is 0. The fourth-order valence-electron chi connectivity index (χ4n) is 1.82. The van der Waals surface area contributed by atoms with Crippen molar-refractivity contribution in [3.05, 3.63) is 42.0 Å². The molecule has 0 aromatic heterocycles. The van der Waals surface area contributed by atoms with Crippen molar-refractivity contribution in [2.45, 2.75) is 12.2 Å². The van der Waals surface area contributed by atoms with Crippen LogP contribution in [0.5, 0.6) is 5.75 Å². The average Bonchev–Trinajstić information content (AvgIpc) is 2.35. The second-order valence-corrected chi connectivity index (χ2v) is 3.96. The third-order valence-electron chi connectivity index (χ3n) is 2.80. The molecule has 0 heterocycles. The van der Waals surface area contributed by atoms with E-state index in [0.29, 0.717) is 11.1 Å². The Bertz CT molecular complexity index is 566. The minimum atomic E-state index is -4.45. The summed E-state index contributed by atoms with van der Waals surface area (Å²) in [6, 6.07) is 7.73. The second kappa shape index (κ2) is 4.49. The van der Waals surface area contributed by atoms with Crippen LogP contribution in [0.4, 0.5) is 13.2 Å². The number of fused-ring (bicyclic) bond motifs is 1. The molecule has 1 atom stereocenters. The Morgan fingerprint density at radius 1 is 1.17 bits per heavy atom. The Kier molecular flexibility index (Phi) is 3.17. The van der Waals surface area contributed by atoms with Gasteiger partial charge in [0.1, 0.15) is 11.8 Å². The van der Waals surface area contributed by atoms with Crippen LogP contribution in [0, 0.1) is 0 Å². The maximum atomic E-state index is 12.6. The zero-order chi connectivity index (χ0) is 13.3. The van der Waals surface area contributed by atoms with Crippen LogP contribution in [-0.2, 0) is 0 Å². The van der Waals surface area contributed by atoms with Crippen LogP contribution in [0.25, 0.3) is 10.8 Å². The first-order valence-electron chi connectivity index (χ1n) is 5.32. The van der Waals surface area contributed by atoms with Crippen molar-refractivity contribution in [1.29, 1.82) is 0 Å². The lowest BCUT2D eigenvalue weighted by atomic mass is 10.0. The van der Waals surface area contributed by atoms with Crippen molar-refractivity contribution in [1.82, 2.24) is 0 Å². The largest absolute Gasteiger partial charge is 0.496 e. The highest BCUT2D eigenvalue weighted by Crippen LogP contribution is 2.34. The number of alkyl halides is 3. The number of ether oxygens (including phenoxy) is 1. The second-order valence-electron chi connectivity index (χ2n) is 3.96. The first kappa shape index (κ1) is 12.7. The molecule has 0 saturated heterocycles. The number of halogens is 3. The van der Waals surface area contributed by atoms with Crippen molar-refractivity contribution in [2.75, 3.05) is 7.11 Å². The molecule has 0 bridgehead atoms. The maximum Gasteiger partial charge on any atom is 0.407 e. The Labute approximate surface area is 102 Å². The van der Waals surface area contributed by atoms with Crippen LogP contribution in [-0.4, -0.2) is 13.3 Å². The zero-order valence-electron chi connectivity index (χ0n) is 9.66. The predicted octanol–water partition coefficient (Wildman–Crippen LogP) is 3.41. The van der Waals surface area contributed by atoms with Gasteiger partial charge in [0.05, 0.1) is 7.11 Å². The molecule has 2 aromatic rings. The number of nitrogens with two attached hydrogens (primary N) is 1. The number of hydrogen-bond donors (Lipinski definition) is 1. The van der Waals surface area contributed by atoms with E-state index in [4.69, 9.17) is 10.5 Å². The zero-order valence-corrected chi connectivity index (χ0v) is 9.66. The van der Waals surface area contributed by atoms with Gasteiger partial charge in [-0.1, -0.05) is 24.3 Å². The van der Waals surface area contributed by atoms with Gasteiger partial charge >= 0.3 is 6.18 Å². The molecule has 18 heavy (non-hydrogen) atoms. The molecular weight excluding hydrogens is 243 g/mol. The number of hydrogen-bond acceptors (Lipinski definition) is 2. The molecule has 0 amide bonds. The molecule has 0 saturated carbocycles. The minimum Gasteiger partial charge on any atom is -0.496 e. The number of rotatable bonds is 2. The highest BCUT2D eigenvalue weighted by molar-refractivity contribution is 5.89. The van der Waals surface area contributed by atoms with Crippen LogP contribution >= 0.6 is 0 Å². The standard InChI is InChI=1S/C13H12F3NO/c1-18-11-4-2-3-8-5-6-9(7-10(8)11)12(17)13(14,15)16/h2-7,12H,17H2,1H3/t12-/m0/s1. The Morgan fingerprint density at radius 3 is 2.50 bits per heavy atom. The molecule has 0 aliphatic carbocycles. The lowest BCUT2D eigenvalue weighted by molar-refractivity contribution is -0.149. The third-order valence-corrected chi connectivity index (χ3v) is 2.80. The smallest absolute Gasteiger partial charge is 0.407 e. The molecule has 2 N–H and O–H groups in total. The van der Waals surface area contributed by atoms with E-state index in [0.717, 1.165) is 5.39 Å². The summed E-state index contributed by atoms with van der Waals surface area (Å²) < 4.78 is 42.8. The fraction of sp³-hybridized carbons (Fsp3) is 0.231. The van der Waals surface area contributed by atoms with Gasteiger partial charge in [0.25, 0.3) is 0 Å². The van der Waals surface area contributed by atoms with Gasteiger partial charge < -0.3 is 10.5 Å². The molecule has 5 heteroatoms. The lowest BCUT2D eigenvalue weighted by Gasteiger charge is -2.16. The molecule has 0 fully saturated rings. The number of methoxy groups -OCH3 is 1. The summed E-state index contributed by atoms with van der Waals surface area (Å²) in [4.78, 5) is 0. The fourth-order valence-corrected chi connectivity index (χ4v) is 1.82. The highest BCUT2D eigenvalue weighted by atomic mass is 19.4. The van der Waals surface area contributed by atoms with E-state index in [-0.39, 0.29) is 5.56 Å². The van der Waals surface area contributed by atoms with Crippen molar-refractivity contribution >= 4 is 10.8 Å². The topological polar surface area (TPSA) is 35.2 Å². The van der Waals surface area contributed by atoms with E-state index in [2.05, 4.69) is 0 Å². The van der Waals surface area contributed by atoms with E-state index in [1.54, 1.807) is 24.3 Å². The van der Waals surface area contributed by atoms with Crippen LogP contribution in [0.3, 0.4) is 0 Å². The third kappa shape index (κ3) is 2.26. The van der Waals surface area contributed by atoms with Crippen LogP contribution < -0.4 is 10.5 Å². The summed E-state index contributed by atoms with van der Waals surface area (Å²) in [5.41, 5.74) is 5.22. The normalized spacial score (nSPS) is 13.6. The Balaban J connectivity index is 2.56. The molecule has 0 spiro atoms. The molecule has 2 nitrogen and oxygen atoms in total. The summed E-state index contributed by atoms with van der Waals surface area (Å²) in [5.74, 6) is 0.531. The van der Waals surface area contributed by atoms with Gasteiger partial charge in [-0.25, -0.2) is 0 Å². The van der Waals surface area contributed by atoms with Gasteiger partial charge in [-0.05, 0) is 23.1 Å². The van der Waals surface area contributed by atoms with E-state index < -0.39 is 12.2 Å². The van der Waals surface area contributed by atoms with Crippen LogP contribution in [0.15, 0.2) is 36.4 Å². The van der Waals surface area contributed by atoms with E-state index in [1.165, 1.54) is 19.2 Å². The lowest BCUT2D eigenvalue weighted by Crippen LogP contribution is -2.28. The summed E-state index contributed by atoms with van der Waals surface area (Å²) >= 11 is 0. The van der Waals surface area contributed by atoms with Crippen molar-refractivity contribution in [2.24, 2.45) is 5.73 Å². The molecule has 0 aliphatic rings. The summed E-state index contributed by atoms with van der Waals surface area (Å²) in [7, 11) is 1.48. The summed E-state index contributed by atoms with van der Waals surface area (Å²) in [6.07, 6.45) is -4.45. The Morgan fingerprint density at radius 2 is 1.89 bits per heavy atom. The Hall–Kier alpha value is -1.75. The molecule has 2 rings (SSSR count). The predicted molar refractivity (Wildman–Crippen MR) is 63.5 cm³/mol. The van der Waals surface area contributed by atoms with E-state index in [1.807, 2.05) is 0 Å². The quantitative estimate of drug-likeness (QED) is 0.892. The van der Waals surface area contributed by atoms with Gasteiger partial charge in [-0.2, -0.15) is 13.2 Å². The van der Waals surface area contributed by atoms with Gasteiger partial charge in [0.15, 0.2) is 0 Å². The van der Waals surface area contributed by atoms with Gasteiger partial charge in [-0.3, -0.25) is 0 Å². The van der Waals surface area contributed by atoms with E-state index in [9.17, 15) is 13.2 Å². The molecule has 0 radical (unpaired) electrons. The monoisotopic (exact) mass is 255 g/mol. The maximum absolute atomic E-state index is 12.6. The van der Waals surface area contributed by atoms with Crippen molar-refractivity contribution < 1.29 is 17.9 Å². The van der Waals surface area contributed by atoms with Gasteiger partial charge in [0, 0.05) is 5.39 Å². The molecular formula is C13H12F3NO. The van der Waals surface area contributed by atoms with E-state index >= 15 is 0 Å². The minimum absolute atomic E-state index is 0.0273. The first-order valence-corrected chi connectivity index (χ1v) is 5.32. The molecule has 96 valence electrons. The van der Waals surface area contributed by atoms with Gasteiger partial charge in [-0.15, -0.1) is 0 Å². The SMILES string of the molecule is COc1cccc2ccc([C@H](N)C(F)(F)F)cc12. The van der Waals surface area contributed by atoms with Crippen LogP contribution in [0.1, 0.15) is 11.6 Å². The van der Waals surface area contributed by atoms with Crippen LogP contribution in [0.2, 0.25) is 0 Å². The summed E-state index contributed by atoms with van der Waals surface area (Å²) in [5, 5.41) is 1.43.